The van der Waals surface area contributed by atoms with E-state index in [0.717, 1.165) is 19.6 Å². The number of hydrogen-bond acceptors (Lipinski definition) is 2. The predicted molar refractivity (Wildman–Crippen MR) is 90.5 cm³/mol. The van der Waals surface area contributed by atoms with Gasteiger partial charge < -0.3 is 5.32 Å². The molecular formula is C19H26N2. The van der Waals surface area contributed by atoms with E-state index < -0.39 is 0 Å². The standard InChI is InChI=1S/C19H26N2/c1-4-19(3)14-21(15(2)12-20-19)13-17-10-7-9-16-8-5-6-11-18(16)17/h5-11,15,20H,4,12-14H2,1-3H3. The highest BCUT2D eigenvalue weighted by Crippen LogP contribution is 2.24. The molecule has 1 aliphatic heterocycles. The third-order valence-electron chi connectivity index (χ3n) is 5.03. The average Bonchev–Trinajstić information content (AvgIpc) is 2.51. The molecule has 1 N–H and O–H groups in total. The van der Waals surface area contributed by atoms with Crippen molar-refractivity contribution in [3.8, 4) is 0 Å². The second-order valence-corrected chi connectivity index (χ2v) is 6.69. The number of piperazine rings is 1. The first-order valence-corrected chi connectivity index (χ1v) is 8.07. The number of fused-ring (bicyclic) bond motifs is 1. The Kier molecular flexibility index (Phi) is 4.01. The SMILES string of the molecule is CCC1(C)CN(Cc2cccc3ccccc23)C(C)CN1. The second kappa shape index (κ2) is 5.78. The molecule has 0 aromatic heterocycles. The van der Waals surface area contributed by atoms with Crippen LogP contribution in [0.15, 0.2) is 42.5 Å². The summed E-state index contributed by atoms with van der Waals surface area (Å²) in [6.07, 6.45) is 1.17. The van der Waals surface area contributed by atoms with Crippen LogP contribution < -0.4 is 5.32 Å². The molecule has 1 heterocycles. The lowest BCUT2D eigenvalue weighted by Crippen LogP contribution is -2.61. The van der Waals surface area contributed by atoms with Gasteiger partial charge in [0, 0.05) is 31.2 Å². The van der Waals surface area contributed by atoms with Crippen LogP contribution in [0.5, 0.6) is 0 Å². The first kappa shape index (κ1) is 14.6. The zero-order chi connectivity index (χ0) is 14.9. The van der Waals surface area contributed by atoms with E-state index in [-0.39, 0.29) is 5.54 Å². The van der Waals surface area contributed by atoms with Gasteiger partial charge in [0.1, 0.15) is 0 Å². The molecule has 2 aromatic rings. The zero-order valence-electron chi connectivity index (χ0n) is 13.4. The summed E-state index contributed by atoms with van der Waals surface area (Å²) >= 11 is 0. The van der Waals surface area contributed by atoms with Gasteiger partial charge in [0.15, 0.2) is 0 Å². The number of nitrogens with one attached hydrogen (secondary N) is 1. The minimum atomic E-state index is 0.247. The highest BCUT2D eigenvalue weighted by molar-refractivity contribution is 5.85. The van der Waals surface area contributed by atoms with Crippen LogP contribution in [0.25, 0.3) is 10.8 Å². The number of hydrogen-bond donors (Lipinski definition) is 1. The summed E-state index contributed by atoms with van der Waals surface area (Å²) < 4.78 is 0. The van der Waals surface area contributed by atoms with Gasteiger partial charge in [0.05, 0.1) is 0 Å². The van der Waals surface area contributed by atoms with E-state index in [2.05, 4.69) is 73.5 Å². The Hall–Kier alpha value is -1.38. The largest absolute Gasteiger partial charge is 0.309 e. The monoisotopic (exact) mass is 282 g/mol. The van der Waals surface area contributed by atoms with Crippen molar-refractivity contribution in [1.82, 2.24) is 10.2 Å². The average molecular weight is 282 g/mol. The Morgan fingerprint density at radius 1 is 1.19 bits per heavy atom. The quantitative estimate of drug-likeness (QED) is 0.921. The summed E-state index contributed by atoms with van der Waals surface area (Å²) in [6.45, 7) is 10.2. The number of benzene rings is 2. The molecule has 0 amide bonds. The lowest BCUT2D eigenvalue weighted by atomic mass is 9.93. The minimum Gasteiger partial charge on any atom is -0.309 e. The highest BCUT2D eigenvalue weighted by atomic mass is 15.2. The van der Waals surface area contributed by atoms with Gasteiger partial charge in [-0.3, -0.25) is 4.90 Å². The molecule has 2 unspecified atom stereocenters. The lowest BCUT2D eigenvalue weighted by Gasteiger charge is -2.45. The zero-order valence-corrected chi connectivity index (χ0v) is 13.4. The van der Waals surface area contributed by atoms with Crippen LogP contribution in [0.2, 0.25) is 0 Å². The molecule has 2 nitrogen and oxygen atoms in total. The molecule has 0 spiro atoms. The molecule has 2 heteroatoms. The summed E-state index contributed by atoms with van der Waals surface area (Å²) in [7, 11) is 0. The van der Waals surface area contributed by atoms with Crippen molar-refractivity contribution in [2.75, 3.05) is 13.1 Å². The Bertz CT molecular complexity index is 616. The van der Waals surface area contributed by atoms with E-state index in [1.54, 1.807) is 0 Å². The topological polar surface area (TPSA) is 15.3 Å². The summed E-state index contributed by atoms with van der Waals surface area (Å²) in [6, 6.07) is 16.0. The van der Waals surface area contributed by atoms with E-state index >= 15 is 0 Å². The van der Waals surface area contributed by atoms with E-state index in [0.29, 0.717) is 6.04 Å². The first-order chi connectivity index (χ1) is 10.1. The molecule has 0 bridgehead atoms. The third kappa shape index (κ3) is 2.97. The predicted octanol–water partition coefficient (Wildman–Crippen LogP) is 3.80. The Morgan fingerprint density at radius 2 is 1.95 bits per heavy atom. The third-order valence-corrected chi connectivity index (χ3v) is 5.03. The molecular weight excluding hydrogens is 256 g/mol. The summed E-state index contributed by atoms with van der Waals surface area (Å²) in [4.78, 5) is 2.63. The van der Waals surface area contributed by atoms with Crippen molar-refractivity contribution in [2.45, 2.75) is 45.3 Å². The van der Waals surface area contributed by atoms with Crippen molar-refractivity contribution >= 4 is 10.8 Å². The van der Waals surface area contributed by atoms with Crippen LogP contribution in [-0.4, -0.2) is 29.6 Å². The molecule has 1 saturated heterocycles. The fourth-order valence-corrected chi connectivity index (χ4v) is 3.28. The highest BCUT2D eigenvalue weighted by Gasteiger charge is 2.32. The van der Waals surface area contributed by atoms with Crippen LogP contribution >= 0.6 is 0 Å². The summed E-state index contributed by atoms with van der Waals surface area (Å²) in [5.74, 6) is 0. The Labute approximate surface area is 128 Å². The van der Waals surface area contributed by atoms with Crippen molar-refractivity contribution < 1.29 is 0 Å². The van der Waals surface area contributed by atoms with Gasteiger partial charge in [-0.05, 0) is 36.6 Å². The molecule has 2 atom stereocenters. The van der Waals surface area contributed by atoms with E-state index in [4.69, 9.17) is 0 Å². The Morgan fingerprint density at radius 3 is 2.76 bits per heavy atom. The molecule has 1 aliphatic rings. The van der Waals surface area contributed by atoms with Gasteiger partial charge in [-0.25, -0.2) is 0 Å². The lowest BCUT2D eigenvalue weighted by molar-refractivity contribution is 0.0870. The van der Waals surface area contributed by atoms with Crippen LogP contribution in [-0.2, 0) is 6.54 Å². The second-order valence-electron chi connectivity index (χ2n) is 6.69. The molecule has 21 heavy (non-hydrogen) atoms. The molecule has 0 saturated carbocycles. The Balaban J connectivity index is 1.87. The molecule has 1 fully saturated rings. The molecule has 0 aliphatic carbocycles. The fraction of sp³-hybridized carbons (Fsp3) is 0.474. The van der Waals surface area contributed by atoms with E-state index in [9.17, 15) is 0 Å². The minimum absolute atomic E-state index is 0.247. The van der Waals surface area contributed by atoms with Gasteiger partial charge in [-0.1, -0.05) is 49.4 Å². The molecule has 112 valence electrons. The van der Waals surface area contributed by atoms with Crippen LogP contribution in [0.4, 0.5) is 0 Å². The van der Waals surface area contributed by atoms with Crippen molar-refractivity contribution in [2.24, 2.45) is 0 Å². The van der Waals surface area contributed by atoms with Gasteiger partial charge in [0.25, 0.3) is 0 Å². The molecule has 2 aromatic carbocycles. The van der Waals surface area contributed by atoms with Crippen LogP contribution in [0, 0.1) is 0 Å². The van der Waals surface area contributed by atoms with Crippen molar-refractivity contribution in [1.29, 1.82) is 0 Å². The van der Waals surface area contributed by atoms with E-state index in [1.165, 1.54) is 22.8 Å². The molecule has 3 rings (SSSR count). The maximum atomic E-state index is 3.71. The number of nitrogens with zero attached hydrogens (tertiary/aromatic N) is 1. The molecule has 0 radical (unpaired) electrons. The first-order valence-electron chi connectivity index (χ1n) is 8.07. The maximum absolute atomic E-state index is 3.71. The normalized spacial score (nSPS) is 27.1. The van der Waals surface area contributed by atoms with Gasteiger partial charge in [-0.2, -0.15) is 0 Å². The number of rotatable bonds is 3. The van der Waals surface area contributed by atoms with Gasteiger partial charge in [-0.15, -0.1) is 0 Å². The van der Waals surface area contributed by atoms with Gasteiger partial charge in [0.2, 0.25) is 0 Å². The smallest absolute Gasteiger partial charge is 0.0278 e. The van der Waals surface area contributed by atoms with Crippen LogP contribution in [0.3, 0.4) is 0 Å². The maximum Gasteiger partial charge on any atom is 0.0278 e. The summed E-state index contributed by atoms with van der Waals surface area (Å²) in [5, 5.41) is 6.44. The van der Waals surface area contributed by atoms with E-state index in [1.807, 2.05) is 0 Å². The summed E-state index contributed by atoms with van der Waals surface area (Å²) in [5.41, 5.74) is 1.69. The van der Waals surface area contributed by atoms with Crippen molar-refractivity contribution in [3.63, 3.8) is 0 Å². The fourth-order valence-electron chi connectivity index (χ4n) is 3.28. The van der Waals surface area contributed by atoms with Gasteiger partial charge >= 0.3 is 0 Å². The van der Waals surface area contributed by atoms with Crippen molar-refractivity contribution in [3.05, 3.63) is 48.0 Å². The van der Waals surface area contributed by atoms with Crippen LogP contribution in [0.1, 0.15) is 32.8 Å².